The first-order valence-electron chi connectivity index (χ1n) is 8.90. The molecule has 0 radical (unpaired) electrons. The first kappa shape index (κ1) is 22.8. The van der Waals surface area contributed by atoms with Crippen LogP contribution >= 0.6 is 15.9 Å². The molecule has 0 heterocycles. The molecule has 0 bridgehead atoms. The van der Waals surface area contributed by atoms with E-state index in [4.69, 9.17) is 4.74 Å². The molecule has 2 aromatic carbocycles. The van der Waals surface area contributed by atoms with Crippen molar-refractivity contribution in [2.45, 2.75) is 6.92 Å². The van der Waals surface area contributed by atoms with E-state index in [1.807, 2.05) is 19.1 Å². The monoisotopic (exact) mass is 472 g/mol. The Kier molecular flexibility index (Phi) is 8.76. The van der Waals surface area contributed by atoms with E-state index in [9.17, 15) is 14.4 Å². The average Bonchev–Trinajstić information content (AvgIpc) is 2.72. The highest BCUT2D eigenvalue weighted by Crippen LogP contribution is 2.20. The molecule has 0 saturated carbocycles. The van der Waals surface area contributed by atoms with Gasteiger partial charge in [0.15, 0.2) is 6.61 Å². The van der Waals surface area contributed by atoms with E-state index in [0.29, 0.717) is 17.0 Å². The fraction of sp³-hybridized carbons (Fsp3) is 0.143. The van der Waals surface area contributed by atoms with Gasteiger partial charge >= 0.3 is 11.8 Å². The SMILES string of the molecule is C=CCNC(=O)C(=O)N/N=C\c1cccc(OCC(=O)Nc2ccc(Br)cc2C)c1. The number of amides is 3. The number of nitrogens with one attached hydrogen (secondary N) is 3. The molecular formula is C21H21BrN4O4. The van der Waals surface area contributed by atoms with Gasteiger partial charge in [-0.2, -0.15) is 5.10 Å². The zero-order chi connectivity index (χ0) is 21.9. The fourth-order valence-corrected chi connectivity index (χ4v) is 2.72. The lowest BCUT2D eigenvalue weighted by molar-refractivity contribution is -0.139. The Labute approximate surface area is 182 Å². The standard InChI is InChI=1S/C21H21BrN4O4/c1-3-9-23-20(28)21(29)26-24-12-15-5-4-6-17(11-15)30-13-19(27)25-18-8-7-16(22)10-14(18)2/h3-8,10-12H,1,9,13H2,2H3,(H,23,28)(H,25,27)(H,26,29)/b24-12-. The Bertz CT molecular complexity index is 975. The summed E-state index contributed by atoms with van der Waals surface area (Å²) in [7, 11) is 0. The lowest BCUT2D eigenvalue weighted by Crippen LogP contribution is -2.37. The Hall–Kier alpha value is -3.46. The van der Waals surface area contributed by atoms with Crippen LogP contribution in [0.25, 0.3) is 0 Å². The zero-order valence-corrected chi connectivity index (χ0v) is 17.9. The van der Waals surface area contributed by atoms with Crippen LogP contribution in [-0.4, -0.2) is 37.1 Å². The molecule has 0 aliphatic carbocycles. The van der Waals surface area contributed by atoms with E-state index < -0.39 is 11.8 Å². The second kappa shape index (κ2) is 11.5. The van der Waals surface area contributed by atoms with Crippen molar-refractivity contribution in [1.29, 1.82) is 0 Å². The number of halogens is 1. The summed E-state index contributed by atoms with van der Waals surface area (Å²) in [5.41, 5.74) is 4.37. The summed E-state index contributed by atoms with van der Waals surface area (Å²) in [6, 6.07) is 12.3. The third kappa shape index (κ3) is 7.51. The molecule has 2 rings (SSSR count). The van der Waals surface area contributed by atoms with Crippen LogP contribution in [0.2, 0.25) is 0 Å². The number of nitrogens with zero attached hydrogens (tertiary/aromatic N) is 1. The molecule has 0 aliphatic heterocycles. The number of ether oxygens (including phenoxy) is 1. The molecule has 3 amide bonds. The van der Waals surface area contributed by atoms with Crippen molar-refractivity contribution < 1.29 is 19.1 Å². The van der Waals surface area contributed by atoms with Crippen molar-refractivity contribution in [2.75, 3.05) is 18.5 Å². The lowest BCUT2D eigenvalue weighted by atomic mass is 10.2. The summed E-state index contributed by atoms with van der Waals surface area (Å²) < 4.78 is 6.44. The molecule has 0 spiro atoms. The molecule has 0 atom stereocenters. The number of anilines is 1. The van der Waals surface area contributed by atoms with Crippen molar-refractivity contribution in [3.63, 3.8) is 0 Å². The molecule has 0 saturated heterocycles. The summed E-state index contributed by atoms with van der Waals surface area (Å²) in [5.74, 6) is -1.54. The fourth-order valence-electron chi connectivity index (χ4n) is 2.25. The van der Waals surface area contributed by atoms with Crippen LogP contribution < -0.4 is 20.8 Å². The molecule has 9 heteroatoms. The minimum Gasteiger partial charge on any atom is -0.484 e. The number of carbonyl (C=O) groups excluding carboxylic acids is 3. The highest BCUT2D eigenvalue weighted by Gasteiger charge is 2.10. The molecule has 3 N–H and O–H groups in total. The topological polar surface area (TPSA) is 109 Å². The van der Waals surface area contributed by atoms with Gasteiger partial charge in [-0.3, -0.25) is 14.4 Å². The van der Waals surface area contributed by atoms with Gasteiger partial charge < -0.3 is 15.4 Å². The lowest BCUT2D eigenvalue weighted by Gasteiger charge is -2.10. The molecular weight excluding hydrogens is 452 g/mol. The minimum absolute atomic E-state index is 0.170. The second-order valence-corrected chi connectivity index (χ2v) is 6.98. The smallest absolute Gasteiger partial charge is 0.329 e. The van der Waals surface area contributed by atoms with Crippen LogP contribution in [0.4, 0.5) is 5.69 Å². The maximum absolute atomic E-state index is 12.1. The minimum atomic E-state index is -0.889. The summed E-state index contributed by atoms with van der Waals surface area (Å²) in [5, 5.41) is 8.86. The van der Waals surface area contributed by atoms with Crippen LogP contribution in [0.1, 0.15) is 11.1 Å². The zero-order valence-electron chi connectivity index (χ0n) is 16.3. The van der Waals surface area contributed by atoms with Crippen LogP contribution in [-0.2, 0) is 14.4 Å². The van der Waals surface area contributed by atoms with E-state index in [0.717, 1.165) is 10.0 Å². The maximum Gasteiger partial charge on any atom is 0.329 e. The number of benzene rings is 2. The molecule has 0 aromatic heterocycles. The normalized spacial score (nSPS) is 10.3. The van der Waals surface area contributed by atoms with E-state index in [1.54, 1.807) is 30.3 Å². The number of carbonyl (C=O) groups is 3. The Morgan fingerprint density at radius 1 is 1.17 bits per heavy atom. The van der Waals surface area contributed by atoms with Gasteiger partial charge in [0.05, 0.1) is 6.21 Å². The van der Waals surface area contributed by atoms with Crippen molar-refractivity contribution in [3.05, 3.63) is 70.7 Å². The summed E-state index contributed by atoms with van der Waals surface area (Å²) in [6.45, 7) is 5.35. The molecule has 30 heavy (non-hydrogen) atoms. The highest BCUT2D eigenvalue weighted by molar-refractivity contribution is 9.10. The second-order valence-electron chi connectivity index (χ2n) is 6.07. The number of rotatable bonds is 8. The molecule has 0 fully saturated rings. The first-order chi connectivity index (χ1) is 14.4. The number of aryl methyl sites for hydroxylation is 1. The van der Waals surface area contributed by atoms with E-state index >= 15 is 0 Å². The van der Waals surface area contributed by atoms with Gasteiger partial charge in [0.2, 0.25) is 0 Å². The van der Waals surface area contributed by atoms with Gasteiger partial charge in [0, 0.05) is 16.7 Å². The predicted octanol–water partition coefficient (Wildman–Crippen LogP) is 2.53. The molecule has 0 unspecified atom stereocenters. The largest absolute Gasteiger partial charge is 0.484 e. The van der Waals surface area contributed by atoms with Gasteiger partial charge in [-0.15, -0.1) is 6.58 Å². The summed E-state index contributed by atoms with van der Waals surface area (Å²) in [4.78, 5) is 35.1. The van der Waals surface area contributed by atoms with Crippen molar-refractivity contribution in [3.8, 4) is 5.75 Å². The van der Waals surface area contributed by atoms with Crippen LogP contribution in [0, 0.1) is 6.92 Å². The van der Waals surface area contributed by atoms with Crippen molar-refractivity contribution in [2.24, 2.45) is 5.10 Å². The third-order valence-corrected chi connectivity index (χ3v) is 4.18. The van der Waals surface area contributed by atoms with E-state index in [-0.39, 0.29) is 19.1 Å². The quantitative estimate of drug-likeness (QED) is 0.237. The Morgan fingerprint density at radius 2 is 1.97 bits per heavy atom. The van der Waals surface area contributed by atoms with Crippen LogP contribution in [0.5, 0.6) is 5.75 Å². The predicted molar refractivity (Wildman–Crippen MR) is 118 cm³/mol. The van der Waals surface area contributed by atoms with Gasteiger partial charge in [-0.1, -0.05) is 34.1 Å². The van der Waals surface area contributed by atoms with Gasteiger partial charge in [-0.25, -0.2) is 5.43 Å². The van der Waals surface area contributed by atoms with Gasteiger partial charge in [0.25, 0.3) is 5.91 Å². The van der Waals surface area contributed by atoms with Crippen molar-refractivity contribution >= 4 is 45.6 Å². The highest BCUT2D eigenvalue weighted by atomic mass is 79.9. The molecule has 156 valence electrons. The average molecular weight is 473 g/mol. The van der Waals surface area contributed by atoms with Crippen LogP contribution in [0.15, 0.2) is 64.7 Å². The third-order valence-electron chi connectivity index (χ3n) is 3.68. The van der Waals surface area contributed by atoms with Crippen molar-refractivity contribution in [1.82, 2.24) is 10.7 Å². The van der Waals surface area contributed by atoms with E-state index in [2.05, 4.69) is 43.7 Å². The van der Waals surface area contributed by atoms with Gasteiger partial charge in [0.1, 0.15) is 5.75 Å². The Balaban J connectivity index is 1.86. The Morgan fingerprint density at radius 3 is 2.70 bits per heavy atom. The number of hydrogen-bond donors (Lipinski definition) is 3. The molecule has 0 aliphatic rings. The summed E-state index contributed by atoms with van der Waals surface area (Å²) >= 11 is 3.38. The number of hydrogen-bond acceptors (Lipinski definition) is 5. The van der Waals surface area contributed by atoms with Gasteiger partial charge in [-0.05, 0) is 48.4 Å². The first-order valence-corrected chi connectivity index (χ1v) is 9.69. The number of hydrazone groups is 1. The van der Waals surface area contributed by atoms with Crippen LogP contribution in [0.3, 0.4) is 0 Å². The maximum atomic E-state index is 12.1. The van der Waals surface area contributed by atoms with E-state index in [1.165, 1.54) is 12.3 Å². The molecule has 2 aromatic rings. The molecule has 8 nitrogen and oxygen atoms in total. The summed E-state index contributed by atoms with van der Waals surface area (Å²) in [6.07, 6.45) is 2.82.